The van der Waals surface area contributed by atoms with Crippen LogP contribution >= 0.6 is 11.6 Å². The Balaban J connectivity index is 1.93. The summed E-state index contributed by atoms with van der Waals surface area (Å²) in [4.78, 5) is 3.56. The molecule has 5 nitrogen and oxygen atoms in total. The molecule has 1 saturated carbocycles. The van der Waals surface area contributed by atoms with Crippen LogP contribution in [0.1, 0.15) is 12.8 Å². The summed E-state index contributed by atoms with van der Waals surface area (Å²) >= 11 is 5.60. The molecule has 1 aromatic rings. The summed E-state index contributed by atoms with van der Waals surface area (Å²) in [6.45, 7) is 0. The average Bonchev–Trinajstić information content (AvgIpc) is 2.29. The first kappa shape index (κ1) is 14.5. The van der Waals surface area contributed by atoms with E-state index in [9.17, 15) is 21.6 Å². The Hall–Kier alpha value is -1.48. The molecule has 21 heavy (non-hydrogen) atoms. The number of halogens is 4. The van der Waals surface area contributed by atoms with Crippen LogP contribution in [0.25, 0.3) is 0 Å². The molecule has 1 aliphatic heterocycles. The van der Waals surface area contributed by atoms with Crippen LogP contribution in [-0.2, 0) is 10.0 Å². The van der Waals surface area contributed by atoms with Crippen LogP contribution in [0.2, 0.25) is 5.02 Å². The lowest BCUT2D eigenvalue weighted by Crippen LogP contribution is -2.45. The molecule has 1 aliphatic carbocycles. The van der Waals surface area contributed by atoms with Gasteiger partial charge in [0.1, 0.15) is 10.7 Å². The first-order valence-corrected chi connectivity index (χ1v) is 7.77. The number of benzene rings is 1. The van der Waals surface area contributed by atoms with Crippen LogP contribution in [0.5, 0.6) is 0 Å². The van der Waals surface area contributed by atoms with Crippen LogP contribution in [0, 0.1) is 5.82 Å². The molecule has 2 aliphatic rings. The quantitative estimate of drug-likeness (QED) is 0.825. The predicted octanol–water partition coefficient (Wildman–Crippen LogP) is 2.34. The van der Waals surface area contributed by atoms with Crippen molar-refractivity contribution in [1.29, 1.82) is 0 Å². The van der Waals surface area contributed by atoms with Gasteiger partial charge in [-0.1, -0.05) is 11.6 Å². The standard InChI is InChI=1S/C11H9ClF3N3O2S/c12-6-1-8-9(2-7(6)13)21(19,20)18-10(17-8)16-5-3-11(14,15)4-5/h1-2,5H,3-4H2,(H2,16,17,18). The van der Waals surface area contributed by atoms with Gasteiger partial charge in [-0.2, -0.15) is 0 Å². The van der Waals surface area contributed by atoms with E-state index < -0.39 is 40.6 Å². The van der Waals surface area contributed by atoms with E-state index in [1.54, 1.807) is 0 Å². The second-order valence-corrected chi connectivity index (χ2v) is 6.95. The van der Waals surface area contributed by atoms with E-state index in [0.29, 0.717) is 0 Å². The average molecular weight is 340 g/mol. The van der Waals surface area contributed by atoms with E-state index in [4.69, 9.17) is 11.6 Å². The molecule has 1 aromatic carbocycles. The maximum atomic E-state index is 13.3. The molecule has 2 N–H and O–H groups in total. The molecule has 114 valence electrons. The van der Waals surface area contributed by atoms with Gasteiger partial charge in [-0.05, 0) is 12.1 Å². The highest BCUT2D eigenvalue weighted by Gasteiger charge is 2.46. The van der Waals surface area contributed by atoms with Gasteiger partial charge < -0.3 is 5.32 Å². The molecule has 0 unspecified atom stereocenters. The highest BCUT2D eigenvalue weighted by Crippen LogP contribution is 2.39. The van der Waals surface area contributed by atoms with Crippen LogP contribution < -0.4 is 10.0 Å². The van der Waals surface area contributed by atoms with Gasteiger partial charge in [0.2, 0.25) is 5.96 Å². The van der Waals surface area contributed by atoms with Crippen molar-refractivity contribution in [2.45, 2.75) is 29.7 Å². The van der Waals surface area contributed by atoms with Crippen molar-refractivity contribution in [2.24, 2.45) is 4.99 Å². The number of nitrogens with one attached hydrogen (secondary N) is 2. The molecule has 10 heteroatoms. The zero-order chi connectivity index (χ0) is 15.4. The first-order chi connectivity index (χ1) is 9.66. The van der Waals surface area contributed by atoms with Gasteiger partial charge in [0.05, 0.1) is 16.8 Å². The third kappa shape index (κ3) is 2.67. The van der Waals surface area contributed by atoms with Crippen LogP contribution in [0.3, 0.4) is 0 Å². The van der Waals surface area contributed by atoms with Crippen molar-refractivity contribution in [3.8, 4) is 0 Å². The summed E-state index contributed by atoms with van der Waals surface area (Å²) in [5.41, 5.74) is 0.0463. The predicted molar refractivity (Wildman–Crippen MR) is 70.8 cm³/mol. The zero-order valence-corrected chi connectivity index (χ0v) is 11.9. The SMILES string of the molecule is O=S1(=O)NC(=NC2CC(F)(F)C2)Nc2cc(Cl)c(F)cc21. The lowest BCUT2D eigenvalue weighted by molar-refractivity contribution is -0.0834. The molecule has 0 saturated heterocycles. The Bertz CT molecular complexity index is 743. The van der Waals surface area contributed by atoms with E-state index in [0.717, 1.165) is 12.1 Å². The number of anilines is 1. The Morgan fingerprint density at radius 3 is 2.62 bits per heavy atom. The molecular formula is C11H9ClF3N3O2S. The minimum absolute atomic E-state index is 0.0463. The Labute approximate surface area is 123 Å². The zero-order valence-electron chi connectivity index (χ0n) is 10.3. The summed E-state index contributed by atoms with van der Waals surface area (Å²) in [5, 5.41) is 2.35. The Morgan fingerprint density at radius 2 is 2.00 bits per heavy atom. The minimum atomic E-state index is -4.02. The maximum absolute atomic E-state index is 13.3. The number of rotatable bonds is 1. The Kier molecular flexibility index (Phi) is 3.10. The van der Waals surface area contributed by atoms with Crippen LogP contribution in [0.4, 0.5) is 18.9 Å². The number of alkyl halides is 2. The van der Waals surface area contributed by atoms with Gasteiger partial charge in [-0.25, -0.2) is 31.3 Å². The van der Waals surface area contributed by atoms with Crippen molar-refractivity contribution in [1.82, 2.24) is 4.72 Å². The normalized spacial score (nSPS) is 24.7. The number of fused-ring (bicyclic) bond motifs is 1. The number of aliphatic imine (C=N–C) groups is 1. The monoisotopic (exact) mass is 339 g/mol. The van der Waals surface area contributed by atoms with Crippen molar-refractivity contribution >= 4 is 33.3 Å². The lowest BCUT2D eigenvalue weighted by atomic mass is 9.89. The molecule has 1 fully saturated rings. The summed E-state index contributed by atoms with van der Waals surface area (Å²) < 4.78 is 64.9. The van der Waals surface area contributed by atoms with E-state index in [1.165, 1.54) is 0 Å². The molecule has 0 spiro atoms. The fourth-order valence-corrected chi connectivity index (χ4v) is 3.44. The summed E-state index contributed by atoms with van der Waals surface area (Å²) in [6.07, 6.45) is -0.867. The van der Waals surface area contributed by atoms with Crippen molar-refractivity contribution in [3.05, 3.63) is 23.0 Å². The van der Waals surface area contributed by atoms with Gasteiger partial charge in [0.25, 0.3) is 15.9 Å². The third-order valence-electron chi connectivity index (χ3n) is 3.18. The van der Waals surface area contributed by atoms with Crippen LogP contribution in [-0.4, -0.2) is 26.3 Å². The molecule has 0 atom stereocenters. The van der Waals surface area contributed by atoms with Crippen LogP contribution in [0.15, 0.2) is 22.0 Å². The second-order valence-electron chi connectivity index (χ2n) is 4.89. The van der Waals surface area contributed by atoms with Gasteiger partial charge in [-0.3, -0.25) is 0 Å². The number of nitrogens with zero attached hydrogens (tertiary/aromatic N) is 1. The van der Waals surface area contributed by atoms with E-state index >= 15 is 0 Å². The molecule has 0 amide bonds. The van der Waals surface area contributed by atoms with Gasteiger partial charge in [0.15, 0.2) is 0 Å². The number of guanidine groups is 1. The highest BCUT2D eigenvalue weighted by atomic mass is 35.5. The number of hydrogen-bond donors (Lipinski definition) is 2. The van der Waals surface area contributed by atoms with Gasteiger partial charge in [-0.15, -0.1) is 0 Å². The first-order valence-electron chi connectivity index (χ1n) is 5.91. The molecule has 0 aromatic heterocycles. The van der Waals surface area contributed by atoms with Gasteiger partial charge >= 0.3 is 0 Å². The molecule has 0 bridgehead atoms. The summed E-state index contributed by atoms with van der Waals surface area (Å²) in [5.74, 6) is -3.81. The van der Waals surface area contributed by atoms with Crippen molar-refractivity contribution in [3.63, 3.8) is 0 Å². The fourth-order valence-electron chi connectivity index (χ4n) is 2.15. The smallest absolute Gasteiger partial charge is 0.266 e. The summed E-state index contributed by atoms with van der Waals surface area (Å²) in [6, 6.07) is 1.22. The molecule has 1 heterocycles. The number of hydrogen-bond acceptors (Lipinski definition) is 3. The van der Waals surface area contributed by atoms with E-state index in [1.807, 2.05) is 0 Å². The van der Waals surface area contributed by atoms with Gasteiger partial charge in [0, 0.05) is 12.8 Å². The largest absolute Gasteiger partial charge is 0.324 e. The highest BCUT2D eigenvalue weighted by molar-refractivity contribution is 7.90. The van der Waals surface area contributed by atoms with Crippen molar-refractivity contribution < 1.29 is 21.6 Å². The van der Waals surface area contributed by atoms with E-state index in [-0.39, 0.29) is 21.6 Å². The number of sulfonamides is 1. The van der Waals surface area contributed by atoms with E-state index in [2.05, 4.69) is 15.0 Å². The molecule has 3 rings (SSSR count). The Morgan fingerprint density at radius 1 is 1.33 bits per heavy atom. The minimum Gasteiger partial charge on any atom is -0.324 e. The topological polar surface area (TPSA) is 70.6 Å². The summed E-state index contributed by atoms with van der Waals surface area (Å²) in [7, 11) is -4.02. The molecular weight excluding hydrogens is 331 g/mol. The lowest BCUT2D eigenvalue weighted by Gasteiger charge is -2.33. The molecule has 0 radical (unpaired) electrons. The fraction of sp³-hybridized carbons (Fsp3) is 0.364. The van der Waals surface area contributed by atoms with Crippen molar-refractivity contribution in [2.75, 3.05) is 5.32 Å². The second kappa shape index (κ2) is 4.51. The third-order valence-corrected chi connectivity index (χ3v) is 4.84. The maximum Gasteiger partial charge on any atom is 0.266 e.